The van der Waals surface area contributed by atoms with Gasteiger partial charge in [0, 0.05) is 11.8 Å². The van der Waals surface area contributed by atoms with Gasteiger partial charge < -0.3 is 25.2 Å². The minimum absolute atomic E-state index is 0.176. The summed E-state index contributed by atoms with van der Waals surface area (Å²) in [6.45, 7) is 0. The second kappa shape index (κ2) is 10.1. The van der Waals surface area contributed by atoms with Crippen LogP contribution in [-0.2, 0) is 14.7 Å². The summed E-state index contributed by atoms with van der Waals surface area (Å²) in [6.07, 6.45) is 0. The second-order valence-corrected chi connectivity index (χ2v) is 9.76. The van der Waals surface area contributed by atoms with Crippen LogP contribution in [0.1, 0.15) is 0 Å². The third kappa shape index (κ3) is 6.70. The molecule has 178 valence electrons. The number of methoxy groups -OCH3 is 1. The molecule has 34 heavy (non-hydrogen) atoms. The number of amides is 2. The summed E-state index contributed by atoms with van der Waals surface area (Å²) in [5, 5.41) is 12.7. The molecule has 0 bridgehead atoms. The highest BCUT2D eigenvalue weighted by Gasteiger charge is 2.17. The Hall–Kier alpha value is -3.61. The molecule has 14 heteroatoms. The van der Waals surface area contributed by atoms with E-state index in [1.54, 1.807) is 0 Å². The molecule has 2 amide bonds. The van der Waals surface area contributed by atoms with Crippen molar-refractivity contribution in [3.63, 3.8) is 0 Å². The summed E-state index contributed by atoms with van der Waals surface area (Å²) in [5.41, 5.74) is 0.968. The lowest BCUT2D eigenvalue weighted by atomic mass is 10.2. The first-order valence-corrected chi connectivity index (χ1v) is 12.4. The smallest absolute Gasteiger partial charge is 0.356 e. The van der Waals surface area contributed by atoms with Crippen LogP contribution in [0.3, 0.4) is 0 Å². The minimum Gasteiger partial charge on any atom is -0.494 e. The maximum atomic E-state index is 12.3. The summed E-state index contributed by atoms with van der Waals surface area (Å²) in [4.78, 5) is 30.5. The summed E-state index contributed by atoms with van der Waals surface area (Å²) >= 11 is 0. The van der Waals surface area contributed by atoms with Crippen LogP contribution in [0.25, 0.3) is 0 Å². The molecular formula is C20H19N4O8PS. The predicted molar refractivity (Wildman–Crippen MR) is 124 cm³/mol. The van der Waals surface area contributed by atoms with Crippen molar-refractivity contribution in [2.45, 2.75) is 4.90 Å². The van der Waals surface area contributed by atoms with Crippen molar-refractivity contribution in [2.24, 2.45) is 10.2 Å². The molecule has 0 aliphatic rings. The van der Waals surface area contributed by atoms with Crippen molar-refractivity contribution >= 4 is 51.8 Å². The van der Waals surface area contributed by atoms with E-state index in [0.717, 1.165) is 12.1 Å². The van der Waals surface area contributed by atoms with Gasteiger partial charge in [-0.3, -0.25) is 9.12 Å². The number of nitrogens with one attached hydrogen (secondary N) is 2. The summed E-state index contributed by atoms with van der Waals surface area (Å²) in [6, 6.07) is 14.3. The van der Waals surface area contributed by atoms with Gasteiger partial charge in [-0.2, -0.15) is 18.6 Å². The Morgan fingerprint density at radius 2 is 1.62 bits per heavy atom. The standard InChI is InChI=1S/C20H19N4O8PS/c1-32-19-12-15(24-23-14-5-3-7-17(11-14)34(29,30)31)8-9-18(19)22-20(25)21-13-4-2-6-16(10-13)33(26,27)28/h2-12H,1H3,(H2,21,22,25)(H2,26,27,28)(H,29,30,31). The molecule has 0 unspecified atom stereocenters. The van der Waals surface area contributed by atoms with Gasteiger partial charge >= 0.3 is 13.6 Å². The molecule has 0 spiro atoms. The molecule has 0 atom stereocenters. The number of ether oxygens (including phenoxy) is 1. The monoisotopic (exact) mass is 506 g/mol. The molecule has 0 aliphatic carbocycles. The van der Waals surface area contributed by atoms with E-state index in [-0.39, 0.29) is 33.0 Å². The molecule has 0 aromatic heterocycles. The Kier molecular flexibility index (Phi) is 7.44. The number of urea groups is 1. The maximum absolute atomic E-state index is 12.3. The molecular weight excluding hydrogens is 487 g/mol. The van der Waals surface area contributed by atoms with Gasteiger partial charge in [-0.1, -0.05) is 12.1 Å². The lowest BCUT2D eigenvalue weighted by molar-refractivity contribution is 0.262. The number of carbonyl (C=O) groups is 1. The van der Waals surface area contributed by atoms with E-state index < -0.39 is 23.7 Å². The Labute approximate surface area is 194 Å². The highest BCUT2D eigenvalue weighted by molar-refractivity contribution is 7.85. The zero-order valence-electron chi connectivity index (χ0n) is 17.5. The minimum atomic E-state index is -4.47. The molecule has 5 N–H and O–H groups in total. The van der Waals surface area contributed by atoms with Gasteiger partial charge in [0.05, 0.1) is 34.4 Å². The summed E-state index contributed by atoms with van der Waals surface area (Å²) in [5.74, 6) is 0.238. The van der Waals surface area contributed by atoms with Crippen LogP contribution in [0.4, 0.5) is 27.5 Å². The van der Waals surface area contributed by atoms with Crippen molar-refractivity contribution in [1.82, 2.24) is 0 Å². The fraction of sp³-hybridized carbons (Fsp3) is 0.0500. The van der Waals surface area contributed by atoms with Crippen molar-refractivity contribution in [3.8, 4) is 5.75 Å². The SMILES string of the molecule is COc1cc(N=Nc2cccc(S(=O)(=O)O)c2)ccc1NC(=O)Nc1cccc(P(=O)(O)O)c1. The molecule has 0 saturated carbocycles. The zero-order chi connectivity index (χ0) is 24.9. The largest absolute Gasteiger partial charge is 0.494 e. The lowest BCUT2D eigenvalue weighted by Crippen LogP contribution is -2.20. The maximum Gasteiger partial charge on any atom is 0.356 e. The first-order valence-electron chi connectivity index (χ1n) is 9.37. The Morgan fingerprint density at radius 3 is 2.26 bits per heavy atom. The molecule has 0 aliphatic heterocycles. The summed E-state index contributed by atoms with van der Waals surface area (Å²) < 4.78 is 48.2. The lowest BCUT2D eigenvalue weighted by Gasteiger charge is -2.12. The third-order valence-corrected chi connectivity index (χ3v) is 6.07. The van der Waals surface area contributed by atoms with Gasteiger partial charge in [0.2, 0.25) is 0 Å². The van der Waals surface area contributed by atoms with Crippen LogP contribution in [-0.4, -0.2) is 35.9 Å². The highest BCUT2D eigenvalue weighted by Crippen LogP contribution is 2.34. The quantitative estimate of drug-likeness (QED) is 0.182. The Morgan fingerprint density at radius 1 is 0.941 bits per heavy atom. The number of azo groups is 1. The fourth-order valence-corrected chi connectivity index (χ4v) is 3.82. The van der Waals surface area contributed by atoms with Gasteiger partial charge in [0.25, 0.3) is 10.1 Å². The van der Waals surface area contributed by atoms with Crippen LogP contribution in [0.2, 0.25) is 0 Å². The number of carbonyl (C=O) groups excluding carboxylic acids is 1. The molecule has 3 aromatic carbocycles. The van der Waals surface area contributed by atoms with Crippen molar-refractivity contribution in [2.75, 3.05) is 17.7 Å². The van der Waals surface area contributed by atoms with Crippen LogP contribution in [0.15, 0.2) is 81.9 Å². The number of anilines is 2. The first-order chi connectivity index (χ1) is 16.0. The predicted octanol–water partition coefficient (Wildman–Crippen LogP) is 3.80. The van der Waals surface area contributed by atoms with Gasteiger partial charge in [0.1, 0.15) is 5.75 Å². The number of nitrogens with zero attached hydrogens (tertiary/aromatic N) is 2. The molecule has 0 radical (unpaired) electrons. The molecule has 0 heterocycles. The van der Waals surface area contributed by atoms with E-state index in [1.165, 1.54) is 61.7 Å². The topological polar surface area (TPSA) is 187 Å². The van der Waals surface area contributed by atoms with E-state index in [9.17, 15) is 27.6 Å². The van der Waals surface area contributed by atoms with Gasteiger partial charge in [-0.05, 0) is 48.5 Å². The average Bonchev–Trinajstić information content (AvgIpc) is 2.77. The van der Waals surface area contributed by atoms with Gasteiger partial charge in [0.15, 0.2) is 0 Å². The van der Waals surface area contributed by atoms with Crippen LogP contribution in [0, 0.1) is 0 Å². The number of benzene rings is 3. The average molecular weight is 506 g/mol. The molecule has 3 aromatic rings. The second-order valence-electron chi connectivity index (χ2n) is 6.73. The van der Waals surface area contributed by atoms with E-state index in [4.69, 9.17) is 9.29 Å². The van der Waals surface area contributed by atoms with E-state index in [0.29, 0.717) is 5.69 Å². The Bertz CT molecular complexity index is 1410. The number of hydrogen-bond donors (Lipinski definition) is 5. The third-order valence-electron chi connectivity index (χ3n) is 4.27. The molecule has 12 nitrogen and oxygen atoms in total. The van der Waals surface area contributed by atoms with Crippen molar-refractivity contribution in [1.29, 1.82) is 0 Å². The zero-order valence-corrected chi connectivity index (χ0v) is 19.2. The Balaban J connectivity index is 1.74. The number of rotatable bonds is 7. The van der Waals surface area contributed by atoms with Gasteiger partial charge in [-0.15, -0.1) is 0 Å². The summed E-state index contributed by atoms with van der Waals surface area (Å²) in [7, 11) is -7.47. The normalized spacial score (nSPS) is 11.9. The first kappa shape index (κ1) is 25.0. The van der Waals surface area contributed by atoms with Crippen molar-refractivity contribution in [3.05, 3.63) is 66.7 Å². The fourth-order valence-electron chi connectivity index (χ4n) is 2.72. The van der Waals surface area contributed by atoms with Gasteiger partial charge in [-0.25, -0.2) is 4.79 Å². The van der Waals surface area contributed by atoms with Crippen LogP contribution >= 0.6 is 7.60 Å². The van der Waals surface area contributed by atoms with Crippen LogP contribution < -0.4 is 20.7 Å². The van der Waals surface area contributed by atoms with E-state index >= 15 is 0 Å². The number of hydrogen-bond acceptors (Lipinski definition) is 7. The van der Waals surface area contributed by atoms with Crippen LogP contribution in [0.5, 0.6) is 5.75 Å². The van der Waals surface area contributed by atoms with E-state index in [1.807, 2.05) is 0 Å². The molecule has 0 fully saturated rings. The molecule has 3 rings (SSSR count). The molecule has 0 saturated heterocycles. The van der Waals surface area contributed by atoms with Crippen molar-refractivity contribution < 1.29 is 36.9 Å². The highest BCUT2D eigenvalue weighted by atomic mass is 32.2. The van der Waals surface area contributed by atoms with E-state index in [2.05, 4.69) is 20.9 Å².